The SMILES string of the molecule is O=C(O)c1cc2sc(N3C4CCC3CC(NCc3c(-c5c(Cl)cccc5Cl)noc3C3CC3)C4)nc2cc1-c1ccccc1. The van der Waals surface area contributed by atoms with Gasteiger partial charge in [0.15, 0.2) is 5.13 Å². The first-order chi connectivity index (χ1) is 21.4. The van der Waals surface area contributed by atoms with Gasteiger partial charge in [-0.1, -0.05) is 76.1 Å². The molecule has 224 valence electrons. The van der Waals surface area contributed by atoms with Crippen molar-refractivity contribution in [3.8, 4) is 22.4 Å². The van der Waals surface area contributed by atoms with Gasteiger partial charge >= 0.3 is 5.97 Å². The fourth-order valence-electron chi connectivity index (χ4n) is 7.09. The first-order valence-electron chi connectivity index (χ1n) is 15.1. The molecule has 2 saturated heterocycles. The highest BCUT2D eigenvalue weighted by atomic mass is 35.5. The van der Waals surface area contributed by atoms with Crippen molar-refractivity contribution in [2.24, 2.45) is 0 Å². The van der Waals surface area contributed by atoms with Crippen LogP contribution in [0, 0.1) is 0 Å². The zero-order valence-electron chi connectivity index (χ0n) is 23.8. The molecule has 0 spiro atoms. The molecule has 7 nitrogen and oxygen atoms in total. The number of benzene rings is 3. The number of carbonyl (C=O) groups is 1. The number of nitrogens with zero attached hydrogens (tertiary/aromatic N) is 3. The molecule has 2 bridgehead atoms. The average molecular weight is 646 g/mol. The van der Waals surface area contributed by atoms with Gasteiger partial charge < -0.3 is 19.8 Å². The van der Waals surface area contributed by atoms with Gasteiger partial charge in [-0.25, -0.2) is 9.78 Å². The summed E-state index contributed by atoms with van der Waals surface area (Å²) in [5.41, 5.74) is 5.26. The molecule has 3 aromatic carbocycles. The first kappa shape index (κ1) is 28.1. The molecular weight excluding hydrogens is 615 g/mol. The van der Waals surface area contributed by atoms with E-state index in [0.29, 0.717) is 51.8 Å². The number of thiazole rings is 1. The smallest absolute Gasteiger partial charge is 0.336 e. The summed E-state index contributed by atoms with van der Waals surface area (Å²) >= 11 is 14.8. The van der Waals surface area contributed by atoms with Gasteiger partial charge in [-0.3, -0.25) is 0 Å². The number of fused-ring (bicyclic) bond motifs is 3. The number of piperidine rings is 1. The second-order valence-corrected chi connectivity index (χ2v) is 13.9. The van der Waals surface area contributed by atoms with E-state index < -0.39 is 5.97 Å². The van der Waals surface area contributed by atoms with Gasteiger partial charge in [-0.05, 0) is 73.9 Å². The van der Waals surface area contributed by atoms with Gasteiger partial charge in [0, 0.05) is 41.7 Å². The second-order valence-electron chi connectivity index (χ2n) is 12.1. The van der Waals surface area contributed by atoms with Gasteiger partial charge in [0.25, 0.3) is 0 Å². The van der Waals surface area contributed by atoms with Crippen LogP contribution < -0.4 is 10.2 Å². The number of hydrogen-bond acceptors (Lipinski definition) is 7. The lowest BCUT2D eigenvalue weighted by atomic mass is 9.97. The van der Waals surface area contributed by atoms with Crippen LogP contribution in [0.4, 0.5) is 5.13 Å². The van der Waals surface area contributed by atoms with Gasteiger partial charge in [0.1, 0.15) is 11.5 Å². The van der Waals surface area contributed by atoms with E-state index >= 15 is 0 Å². The molecule has 8 rings (SSSR count). The Hall–Kier alpha value is -3.43. The minimum absolute atomic E-state index is 0.307. The number of halogens is 2. The third-order valence-electron chi connectivity index (χ3n) is 9.32. The molecule has 4 heterocycles. The monoisotopic (exact) mass is 644 g/mol. The predicted molar refractivity (Wildman–Crippen MR) is 175 cm³/mol. The van der Waals surface area contributed by atoms with Crippen LogP contribution in [-0.4, -0.2) is 39.3 Å². The Labute approximate surface area is 268 Å². The predicted octanol–water partition coefficient (Wildman–Crippen LogP) is 8.79. The maximum absolute atomic E-state index is 12.2. The maximum atomic E-state index is 12.2. The zero-order chi connectivity index (χ0) is 29.9. The molecule has 1 saturated carbocycles. The lowest BCUT2D eigenvalue weighted by Gasteiger charge is -2.39. The molecule has 2 atom stereocenters. The van der Waals surface area contributed by atoms with Crippen LogP contribution in [-0.2, 0) is 6.54 Å². The van der Waals surface area contributed by atoms with Crippen LogP contribution in [0.15, 0.2) is 65.2 Å². The van der Waals surface area contributed by atoms with Gasteiger partial charge in [0.05, 0.1) is 25.8 Å². The van der Waals surface area contributed by atoms with Crippen molar-refractivity contribution in [2.45, 2.75) is 69.1 Å². The Kier molecular flexibility index (Phi) is 7.13. The summed E-state index contributed by atoms with van der Waals surface area (Å²) in [6.07, 6.45) is 6.49. The molecule has 2 aliphatic heterocycles. The molecule has 2 unspecified atom stereocenters. The molecule has 5 aromatic rings. The Morgan fingerprint density at radius 3 is 2.41 bits per heavy atom. The van der Waals surface area contributed by atoms with Gasteiger partial charge in [-0.15, -0.1) is 0 Å². The fourth-order valence-corrected chi connectivity index (χ4v) is 8.79. The summed E-state index contributed by atoms with van der Waals surface area (Å²) in [5, 5.41) is 20.4. The minimum Gasteiger partial charge on any atom is -0.478 e. The molecule has 0 radical (unpaired) electrons. The molecule has 2 N–H and O–H groups in total. The number of anilines is 1. The number of carboxylic acid groups (broad SMARTS) is 1. The van der Waals surface area contributed by atoms with Crippen LogP contribution in [0.5, 0.6) is 0 Å². The van der Waals surface area contributed by atoms with Crippen molar-refractivity contribution in [1.82, 2.24) is 15.5 Å². The highest BCUT2D eigenvalue weighted by molar-refractivity contribution is 7.22. The quantitative estimate of drug-likeness (QED) is 0.174. The van der Waals surface area contributed by atoms with E-state index in [1.54, 1.807) is 17.4 Å². The highest BCUT2D eigenvalue weighted by Crippen LogP contribution is 2.47. The lowest BCUT2D eigenvalue weighted by Crippen LogP contribution is -2.49. The Bertz CT molecular complexity index is 1850. The standard InChI is InChI=1S/C34H30Cl2N4O3S/c35-26-7-4-8-27(36)30(26)31-25(32(43-39-31)19-9-10-19)17-37-20-13-21-11-12-22(14-20)40(21)34-38-28-15-23(18-5-2-1-3-6-18)24(33(41)42)16-29(28)44-34/h1-8,15-16,19-22,37H,9-14,17H2,(H,41,42). The Balaban J connectivity index is 1.03. The number of hydrogen-bond donors (Lipinski definition) is 2. The van der Waals surface area contributed by atoms with Crippen LogP contribution >= 0.6 is 34.5 Å². The van der Waals surface area contributed by atoms with E-state index in [1.165, 1.54) is 0 Å². The second kappa shape index (κ2) is 11.2. The third-order valence-corrected chi connectivity index (χ3v) is 11.0. The van der Waals surface area contributed by atoms with Gasteiger partial charge in [0.2, 0.25) is 0 Å². The van der Waals surface area contributed by atoms with Gasteiger partial charge in [-0.2, -0.15) is 0 Å². The summed E-state index contributed by atoms with van der Waals surface area (Å²) in [5.74, 6) is 0.440. The molecule has 0 amide bonds. The third kappa shape index (κ3) is 4.98. The molecule has 3 aliphatic rings. The van der Waals surface area contributed by atoms with Crippen LogP contribution in [0.3, 0.4) is 0 Å². The first-order valence-corrected chi connectivity index (χ1v) is 16.7. The highest BCUT2D eigenvalue weighted by Gasteiger charge is 2.42. The topological polar surface area (TPSA) is 91.5 Å². The largest absolute Gasteiger partial charge is 0.478 e. The van der Waals surface area contributed by atoms with E-state index in [4.69, 9.17) is 32.7 Å². The van der Waals surface area contributed by atoms with E-state index in [0.717, 1.165) is 82.0 Å². The summed E-state index contributed by atoms with van der Waals surface area (Å²) in [7, 11) is 0. The number of aromatic nitrogens is 2. The molecule has 2 aromatic heterocycles. The molecule has 10 heteroatoms. The van der Waals surface area contributed by atoms with Crippen molar-refractivity contribution in [1.29, 1.82) is 0 Å². The Morgan fingerprint density at radius 2 is 1.73 bits per heavy atom. The van der Waals surface area contributed by atoms with E-state index in [9.17, 15) is 9.90 Å². The maximum Gasteiger partial charge on any atom is 0.336 e. The minimum atomic E-state index is -0.926. The van der Waals surface area contributed by atoms with Crippen LogP contribution in [0.25, 0.3) is 32.6 Å². The fraction of sp³-hybridized carbons (Fsp3) is 0.324. The normalized spacial score (nSPS) is 21.3. The van der Waals surface area contributed by atoms with Crippen LogP contribution in [0.1, 0.15) is 66.1 Å². The summed E-state index contributed by atoms with van der Waals surface area (Å²) < 4.78 is 6.79. The van der Waals surface area contributed by atoms with E-state index in [-0.39, 0.29) is 0 Å². The summed E-state index contributed by atoms with van der Waals surface area (Å²) in [6.45, 7) is 0.650. The number of rotatable bonds is 8. The number of carboxylic acids is 1. The average Bonchev–Trinajstić information content (AvgIpc) is 3.55. The van der Waals surface area contributed by atoms with Crippen molar-refractivity contribution in [3.05, 3.63) is 87.6 Å². The number of aromatic carboxylic acids is 1. The summed E-state index contributed by atoms with van der Waals surface area (Å²) in [4.78, 5) is 19.7. The number of nitrogens with one attached hydrogen (secondary N) is 1. The molecular formula is C34H30Cl2N4O3S. The molecule has 1 aliphatic carbocycles. The van der Waals surface area contributed by atoms with E-state index in [1.807, 2.05) is 54.6 Å². The van der Waals surface area contributed by atoms with Crippen LogP contribution in [0.2, 0.25) is 10.0 Å². The summed E-state index contributed by atoms with van der Waals surface area (Å²) in [6, 6.07) is 20.0. The van der Waals surface area contributed by atoms with Crippen molar-refractivity contribution >= 4 is 55.9 Å². The zero-order valence-corrected chi connectivity index (χ0v) is 26.1. The van der Waals surface area contributed by atoms with Crippen molar-refractivity contribution in [3.63, 3.8) is 0 Å². The van der Waals surface area contributed by atoms with Crippen molar-refractivity contribution in [2.75, 3.05) is 4.90 Å². The lowest BCUT2D eigenvalue weighted by molar-refractivity contribution is 0.0698. The molecule has 3 fully saturated rings. The Morgan fingerprint density at radius 1 is 1.00 bits per heavy atom. The van der Waals surface area contributed by atoms with Crippen molar-refractivity contribution < 1.29 is 14.4 Å². The van der Waals surface area contributed by atoms with E-state index in [2.05, 4.69) is 15.4 Å². The molecule has 44 heavy (non-hydrogen) atoms.